The molecule has 2 aromatic carbocycles. The van der Waals surface area contributed by atoms with Gasteiger partial charge in [0.1, 0.15) is 11.6 Å². The summed E-state index contributed by atoms with van der Waals surface area (Å²) in [6.45, 7) is 0. The largest absolute Gasteiger partial charge is 0.398 e. The highest BCUT2D eigenvalue weighted by molar-refractivity contribution is 6.34. The molecule has 6 heteroatoms. The minimum absolute atomic E-state index is 0.0371. The summed E-state index contributed by atoms with van der Waals surface area (Å²) in [5.41, 5.74) is 5.39. The second kappa shape index (κ2) is 5.24. The Kier molecular flexibility index (Phi) is 3.66. The zero-order chi connectivity index (χ0) is 14.0. The van der Waals surface area contributed by atoms with Gasteiger partial charge in [0.15, 0.2) is 0 Å². The number of carbonyl (C=O) groups excluding carboxylic acids is 1. The van der Waals surface area contributed by atoms with Crippen molar-refractivity contribution in [3.8, 4) is 0 Å². The fraction of sp³-hybridized carbons (Fsp3) is 0. The number of hydrogen-bond acceptors (Lipinski definition) is 2. The maximum absolute atomic E-state index is 13.5. The summed E-state index contributed by atoms with van der Waals surface area (Å²) in [5.74, 6) is -1.89. The molecule has 0 aromatic heterocycles. The third kappa shape index (κ3) is 2.82. The summed E-state index contributed by atoms with van der Waals surface area (Å²) in [7, 11) is 0. The minimum Gasteiger partial charge on any atom is -0.398 e. The quantitative estimate of drug-likeness (QED) is 0.829. The van der Waals surface area contributed by atoms with Crippen molar-refractivity contribution in [2.24, 2.45) is 0 Å². The number of halogens is 3. The molecule has 0 saturated carbocycles. The molecule has 0 saturated heterocycles. The summed E-state index contributed by atoms with van der Waals surface area (Å²) in [5, 5.41) is 2.37. The molecule has 0 bridgehead atoms. The fourth-order valence-corrected chi connectivity index (χ4v) is 1.75. The third-order valence-electron chi connectivity index (χ3n) is 2.46. The molecule has 3 nitrogen and oxygen atoms in total. The Hall–Kier alpha value is -2.14. The number of hydrogen-bond donors (Lipinski definition) is 2. The molecule has 2 aromatic rings. The Morgan fingerprint density at radius 1 is 1.21 bits per heavy atom. The van der Waals surface area contributed by atoms with Crippen LogP contribution >= 0.6 is 11.6 Å². The molecule has 98 valence electrons. The van der Waals surface area contributed by atoms with Crippen molar-refractivity contribution in [1.82, 2.24) is 0 Å². The average Bonchev–Trinajstić information content (AvgIpc) is 2.33. The number of rotatable bonds is 2. The van der Waals surface area contributed by atoms with E-state index in [2.05, 4.69) is 5.32 Å². The molecule has 3 N–H and O–H groups in total. The molecule has 0 heterocycles. The molecule has 0 fully saturated rings. The monoisotopic (exact) mass is 282 g/mol. The van der Waals surface area contributed by atoms with Crippen LogP contribution in [0.4, 0.5) is 20.2 Å². The third-order valence-corrected chi connectivity index (χ3v) is 2.77. The van der Waals surface area contributed by atoms with Gasteiger partial charge < -0.3 is 11.1 Å². The van der Waals surface area contributed by atoms with Crippen LogP contribution in [0.1, 0.15) is 10.4 Å². The van der Waals surface area contributed by atoms with Gasteiger partial charge in [0, 0.05) is 5.69 Å². The number of nitrogens with two attached hydrogens (primary N) is 1. The van der Waals surface area contributed by atoms with Gasteiger partial charge in [-0.1, -0.05) is 17.7 Å². The van der Waals surface area contributed by atoms with Gasteiger partial charge >= 0.3 is 0 Å². The molecule has 0 atom stereocenters. The van der Waals surface area contributed by atoms with Crippen molar-refractivity contribution in [2.75, 3.05) is 11.1 Å². The van der Waals surface area contributed by atoms with Crippen LogP contribution in [0.3, 0.4) is 0 Å². The van der Waals surface area contributed by atoms with Crippen LogP contribution in [0.2, 0.25) is 5.02 Å². The first-order chi connectivity index (χ1) is 8.99. The van der Waals surface area contributed by atoms with Gasteiger partial charge in [-0.15, -0.1) is 0 Å². The van der Waals surface area contributed by atoms with Gasteiger partial charge in [0.25, 0.3) is 5.91 Å². The number of benzene rings is 2. The van der Waals surface area contributed by atoms with E-state index in [0.29, 0.717) is 0 Å². The molecule has 0 aliphatic heterocycles. The van der Waals surface area contributed by atoms with Crippen molar-refractivity contribution in [1.29, 1.82) is 0 Å². The van der Waals surface area contributed by atoms with E-state index in [1.54, 1.807) is 0 Å². The molecule has 2 rings (SSSR count). The number of anilines is 2. The molecule has 0 aliphatic rings. The zero-order valence-electron chi connectivity index (χ0n) is 9.58. The Labute approximate surface area is 113 Å². The Balaban J connectivity index is 2.31. The van der Waals surface area contributed by atoms with E-state index >= 15 is 0 Å². The predicted molar refractivity (Wildman–Crippen MR) is 70.2 cm³/mol. The summed E-state index contributed by atoms with van der Waals surface area (Å²) in [4.78, 5) is 11.9. The lowest BCUT2D eigenvalue weighted by Crippen LogP contribution is -2.15. The van der Waals surface area contributed by atoms with Crippen LogP contribution in [0, 0.1) is 11.6 Å². The summed E-state index contributed by atoms with van der Waals surface area (Å²) in [6, 6.07) is 7.34. The lowest BCUT2D eigenvalue weighted by atomic mass is 10.1. The van der Waals surface area contributed by atoms with Gasteiger partial charge in [-0.2, -0.15) is 0 Å². The van der Waals surface area contributed by atoms with E-state index in [9.17, 15) is 13.6 Å². The van der Waals surface area contributed by atoms with Crippen LogP contribution < -0.4 is 11.1 Å². The second-order valence-electron chi connectivity index (χ2n) is 3.78. The van der Waals surface area contributed by atoms with Gasteiger partial charge in [-0.25, -0.2) is 8.78 Å². The van der Waals surface area contributed by atoms with Gasteiger partial charge in [-0.3, -0.25) is 4.79 Å². The van der Waals surface area contributed by atoms with Crippen molar-refractivity contribution in [2.45, 2.75) is 0 Å². The zero-order valence-corrected chi connectivity index (χ0v) is 10.3. The van der Waals surface area contributed by atoms with E-state index in [1.165, 1.54) is 18.2 Å². The average molecular weight is 283 g/mol. The van der Waals surface area contributed by atoms with E-state index in [-0.39, 0.29) is 22.0 Å². The highest BCUT2D eigenvalue weighted by atomic mass is 35.5. The van der Waals surface area contributed by atoms with Crippen molar-refractivity contribution < 1.29 is 13.6 Å². The molecule has 0 spiro atoms. The maximum Gasteiger partial charge on any atom is 0.257 e. The highest BCUT2D eigenvalue weighted by Crippen LogP contribution is 2.25. The van der Waals surface area contributed by atoms with Crippen LogP contribution in [-0.4, -0.2) is 5.91 Å². The maximum atomic E-state index is 13.5. The molecule has 0 radical (unpaired) electrons. The standard InChI is InChI=1S/C13H9ClF2N2O/c14-9-2-1-3-10(16)12(9)18-13(19)8-5-4-7(15)6-11(8)17/h1-6H,17H2,(H,18,19). The molecule has 0 aliphatic carbocycles. The summed E-state index contributed by atoms with van der Waals surface area (Å²) in [6.07, 6.45) is 0. The SMILES string of the molecule is Nc1cc(F)ccc1C(=O)Nc1c(F)cccc1Cl. The number of amides is 1. The first-order valence-corrected chi connectivity index (χ1v) is 5.67. The van der Waals surface area contributed by atoms with E-state index < -0.39 is 17.5 Å². The molecular weight excluding hydrogens is 274 g/mol. The molecular formula is C13H9ClF2N2O. The smallest absolute Gasteiger partial charge is 0.257 e. The lowest BCUT2D eigenvalue weighted by Gasteiger charge is -2.09. The highest BCUT2D eigenvalue weighted by Gasteiger charge is 2.14. The molecule has 1 amide bonds. The topological polar surface area (TPSA) is 55.1 Å². The predicted octanol–water partition coefficient (Wildman–Crippen LogP) is 3.45. The first kappa shape index (κ1) is 13.3. The molecule has 0 unspecified atom stereocenters. The number of carbonyl (C=O) groups is 1. The number of para-hydroxylation sites is 1. The minimum atomic E-state index is -0.665. The number of nitrogens with one attached hydrogen (secondary N) is 1. The van der Waals surface area contributed by atoms with Crippen molar-refractivity contribution >= 4 is 28.9 Å². The van der Waals surface area contributed by atoms with Crippen LogP contribution in [0.25, 0.3) is 0 Å². The van der Waals surface area contributed by atoms with Crippen molar-refractivity contribution in [3.63, 3.8) is 0 Å². The van der Waals surface area contributed by atoms with Crippen LogP contribution in [0.5, 0.6) is 0 Å². The van der Waals surface area contributed by atoms with Crippen LogP contribution in [0.15, 0.2) is 36.4 Å². The van der Waals surface area contributed by atoms with Gasteiger partial charge in [0.05, 0.1) is 16.3 Å². The summed E-state index contributed by atoms with van der Waals surface area (Å²) < 4.78 is 26.4. The Morgan fingerprint density at radius 3 is 2.58 bits per heavy atom. The Bertz CT molecular complexity index is 626. The second-order valence-corrected chi connectivity index (χ2v) is 4.19. The fourth-order valence-electron chi connectivity index (χ4n) is 1.54. The van der Waals surface area contributed by atoms with Gasteiger partial charge in [0.2, 0.25) is 0 Å². The normalized spacial score (nSPS) is 10.3. The summed E-state index contributed by atoms with van der Waals surface area (Å²) >= 11 is 5.78. The number of nitrogen functional groups attached to an aromatic ring is 1. The first-order valence-electron chi connectivity index (χ1n) is 5.29. The van der Waals surface area contributed by atoms with Gasteiger partial charge in [-0.05, 0) is 30.3 Å². The van der Waals surface area contributed by atoms with Crippen LogP contribution in [-0.2, 0) is 0 Å². The van der Waals surface area contributed by atoms with E-state index in [1.807, 2.05) is 0 Å². The lowest BCUT2D eigenvalue weighted by molar-refractivity contribution is 0.102. The van der Waals surface area contributed by atoms with Crippen molar-refractivity contribution in [3.05, 3.63) is 58.6 Å². The van der Waals surface area contributed by atoms with E-state index in [0.717, 1.165) is 18.2 Å². The van der Waals surface area contributed by atoms with E-state index in [4.69, 9.17) is 17.3 Å². The Morgan fingerprint density at radius 2 is 1.95 bits per heavy atom. The molecule has 19 heavy (non-hydrogen) atoms.